The highest BCUT2D eigenvalue weighted by molar-refractivity contribution is 5.23. The molecule has 1 rings (SSSR count). The molecule has 0 radical (unpaired) electrons. The van der Waals surface area contributed by atoms with Crippen LogP contribution in [0.4, 0.5) is 0 Å². The fourth-order valence-corrected chi connectivity index (χ4v) is 2.32. The first-order valence-corrected chi connectivity index (χ1v) is 7.10. The zero-order valence-corrected chi connectivity index (χ0v) is 13.7. The molecule has 0 heteroatoms. The van der Waals surface area contributed by atoms with Crippen LogP contribution in [0.1, 0.15) is 67.4 Å². The Morgan fingerprint density at radius 2 is 1.22 bits per heavy atom. The Bertz CT molecular complexity index is 309. The number of hydrogen-bond acceptors (Lipinski definition) is 0. The molecule has 0 aliphatic rings. The first-order valence-electron chi connectivity index (χ1n) is 7.10. The molecular formula is C18H32. The van der Waals surface area contributed by atoms with E-state index in [1.807, 2.05) is 0 Å². The molecule has 0 amide bonds. The van der Waals surface area contributed by atoms with Crippen LogP contribution >= 0.6 is 0 Å². The Kier molecular flexibility index (Phi) is 6.67. The molecule has 0 nitrogen and oxygen atoms in total. The fourth-order valence-electron chi connectivity index (χ4n) is 2.32. The van der Waals surface area contributed by atoms with Crippen molar-refractivity contribution in [3.05, 3.63) is 35.9 Å². The van der Waals surface area contributed by atoms with Crippen molar-refractivity contribution in [1.29, 1.82) is 0 Å². The van der Waals surface area contributed by atoms with Gasteiger partial charge in [0.25, 0.3) is 0 Å². The molecule has 18 heavy (non-hydrogen) atoms. The summed E-state index contributed by atoms with van der Waals surface area (Å²) in [5, 5.41) is 0. The molecule has 104 valence electrons. The quantitative estimate of drug-likeness (QED) is 0.596. The largest absolute Gasteiger partial charge is 0.0630 e. The van der Waals surface area contributed by atoms with Crippen molar-refractivity contribution in [3.63, 3.8) is 0 Å². The summed E-state index contributed by atoms with van der Waals surface area (Å²) in [5.74, 6) is 0.833. The average Bonchev–Trinajstić information content (AvgIpc) is 2.14. The molecule has 0 fully saturated rings. The van der Waals surface area contributed by atoms with Crippen LogP contribution in [0, 0.1) is 11.3 Å². The number of rotatable bonds is 2. The van der Waals surface area contributed by atoms with Crippen molar-refractivity contribution in [2.45, 2.75) is 67.2 Å². The van der Waals surface area contributed by atoms with Gasteiger partial charge in [0.1, 0.15) is 0 Å². The van der Waals surface area contributed by atoms with Gasteiger partial charge >= 0.3 is 0 Å². The Balaban J connectivity index is 0.000000631. The van der Waals surface area contributed by atoms with Crippen LogP contribution in [-0.4, -0.2) is 0 Å². The second-order valence-electron chi connectivity index (χ2n) is 7.72. The smallest absolute Gasteiger partial charge is 0.00986 e. The maximum Gasteiger partial charge on any atom is -0.00986 e. The third kappa shape index (κ3) is 8.33. The summed E-state index contributed by atoms with van der Waals surface area (Å²) >= 11 is 0. The third-order valence-corrected chi connectivity index (χ3v) is 2.53. The van der Waals surface area contributed by atoms with Crippen LogP contribution < -0.4 is 0 Å². The SMILES string of the molecule is CC(C)(C)CC(C)(C)c1ccccc1.CC(C)C. The van der Waals surface area contributed by atoms with Crippen LogP contribution in [0.15, 0.2) is 30.3 Å². The molecule has 0 aliphatic heterocycles. The van der Waals surface area contributed by atoms with Gasteiger partial charge in [0, 0.05) is 0 Å². The van der Waals surface area contributed by atoms with E-state index in [-0.39, 0.29) is 5.41 Å². The van der Waals surface area contributed by atoms with E-state index in [2.05, 4.69) is 85.7 Å². The van der Waals surface area contributed by atoms with Crippen LogP contribution in [-0.2, 0) is 5.41 Å². The van der Waals surface area contributed by atoms with E-state index in [4.69, 9.17) is 0 Å². The molecular weight excluding hydrogens is 216 g/mol. The standard InChI is InChI=1S/C14H22.C4H10/c1-13(2,3)11-14(4,5)12-9-7-6-8-10-12;1-4(2)3/h6-10H,11H2,1-5H3;4H,1-3H3. The highest BCUT2D eigenvalue weighted by atomic mass is 14.3. The van der Waals surface area contributed by atoms with Gasteiger partial charge in [0.2, 0.25) is 0 Å². The van der Waals surface area contributed by atoms with E-state index in [9.17, 15) is 0 Å². The molecule has 0 unspecified atom stereocenters. The van der Waals surface area contributed by atoms with Crippen LogP contribution in [0.2, 0.25) is 0 Å². The molecule has 0 spiro atoms. The summed E-state index contributed by atoms with van der Waals surface area (Å²) in [6.07, 6.45) is 1.21. The van der Waals surface area contributed by atoms with Crippen molar-refractivity contribution in [2.75, 3.05) is 0 Å². The van der Waals surface area contributed by atoms with Gasteiger partial charge in [0.05, 0.1) is 0 Å². The Morgan fingerprint density at radius 3 is 1.56 bits per heavy atom. The normalized spacial score (nSPS) is 12.1. The lowest BCUT2D eigenvalue weighted by atomic mass is 9.72. The van der Waals surface area contributed by atoms with E-state index in [0.29, 0.717) is 5.41 Å². The Morgan fingerprint density at radius 1 is 0.833 bits per heavy atom. The predicted octanol–water partition coefficient (Wildman–Crippen LogP) is 6.06. The maximum atomic E-state index is 2.33. The Hall–Kier alpha value is -0.780. The van der Waals surface area contributed by atoms with Crippen LogP contribution in [0.3, 0.4) is 0 Å². The van der Waals surface area contributed by atoms with E-state index in [1.54, 1.807) is 0 Å². The highest BCUT2D eigenvalue weighted by Gasteiger charge is 2.26. The van der Waals surface area contributed by atoms with Gasteiger partial charge in [-0.1, -0.05) is 85.7 Å². The average molecular weight is 248 g/mol. The summed E-state index contributed by atoms with van der Waals surface area (Å²) < 4.78 is 0. The van der Waals surface area contributed by atoms with Gasteiger partial charge in [-0.25, -0.2) is 0 Å². The molecule has 0 bridgehead atoms. The van der Waals surface area contributed by atoms with Gasteiger partial charge in [-0.2, -0.15) is 0 Å². The second kappa shape index (κ2) is 6.97. The lowest BCUT2D eigenvalue weighted by Gasteiger charge is -2.32. The van der Waals surface area contributed by atoms with Crippen molar-refractivity contribution < 1.29 is 0 Å². The predicted molar refractivity (Wildman–Crippen MR) is 84.1 cm³/mol. The number of benzene rings is 1. The summed E-state index contributed by atoms with van der Waals surface area (Å²) in [7, 11) is 0. The monoisotopic (exact) mass is 248 g/mol. The Labute approximate surface area is 115 Å². The van der Waals surface area contributed by atoms with Crippen LogP contribution in [0.5, 0.6) is 0 Å². The van der Waals surface area contributed by atoms with E-state index < -0.39 is 0 Å². The molecule has 0 N–H and O–H groups in total. The second-order valence-corrected chi connectivity index (χ2v) is 7.72. The summed E-state index contributed by atoms with van der Waals surface area (Å²) in [5.41, 5.74) is 2.11. The summed E-state index contributed by atoms with van der Waals surface area (Å²) in [4.78, 5) is 0. The van der Waals surface area contributed by atoms with Gasteiger partial charge in [-0.3, -0.25) is 0 Å². The first-order chi connectivity index (χ1) is 8.04. The van der Waals surface area contributed by atoms with Crippen LogP contribution in [0.25, 0.3) is 0 Å². The van der Waals surface area contributed by atoms with Gasteiger partial charge < -0.3 is 0 Å². The third-order valence-electron chi connectivity index (χ3n) is 2.53. The van der Waals surface area contributed by atoms with Gasteiger partial charge in [-0.05, 0) is 28.7 Å². The molecule has 1 aromatic rings. The zero-order chi connectivity index (χ0) is 14.4. The summed E-state index contributed by atoms with van der Waals surface area (Å²) in [6, 6.07) is 10.8. The van der Waals surface area contributed by atoms with Gasteiger partial charge in [-0.15, -0.1) is 0 Å². The van der Waals surface area contributed by atoms with Crippen molar-refractivity contribution in [2.24, 2.45) is 11.3 Å². The maximum absolute atomic E-state index is 2.33. The molecule has 0 saturated heterocycles. The minimum atomic E-state index is 0.277. The first kappa shape index (κ1) is 17.2. The molecule has 0 aromatic heterocycles. The molecule has 1 aromatic carbocycles. The topological polar surface area (TPSA) is 0 Å². The summed E-state index contributed by atoms with van der Waals surface area (Å²) in [6.45, 7) is 18.1. The minimum Gasteiger partial charge on any atom is -0.0630 e. The molecule has 0 atom stereocenters. The van der Waals surface area contributed by atoms with E-state index in [1.165, 1.54) is 12.0 Å². The zero-order valence-electron chi connectivity index (χ0n) is 13.7. The highest BCUT2D eigenvalue weighted by Crippen LogP contribution is 2.35. The fraction of sp³-hybridized carbons (Fsp3) is 0.667. The minimum absolute atomic E-state index is 0.277. The lowest BCUT2D eigenvalue weighted by Crippen LogP contribution is -2.24. The molecule has 0 heterocycles. The van der Waals surface area contributed by atoms with Crippen molar-refractivity contribution >= 4 is 0 Å². The number of hydrogen-bond donors (Lipinski definition) is 0. The molecule has 0 saturated carbocycles. The lowest BCUT2D eigenvalue weighted by molar-refractivity contribution is 0.284. The molecule has 0 aliphatic carbocycles. The van der Waals surface area contributed by atoms with Gasteiger partial charge in [0.15, 0.2) is 0 Å². The van der Waals surface area contributed by atoms with Crippen molar-refractivity contribution in [1.82, 2.24) is 0 Å². The van der Waals surface area contributed by atoms with E-state index >= 15 is 0 Å². The van der Waals surface area contributed by atoms with E-state index in [0.717, 1.165) is 5.92 Å². The van der Waals surface area contributed by atoms with Crippen molar-refractivity contribution in [3.8, 4) is 0 Å².